The van der Waals surface area contributed by atoms with E-state index in [9.17, 15) is 0 Å². The Balaban J connectivity index is 1.75. The fraction of sp³-hybridized carbons (Fsp3) is 0.857. The Morgan fingerprint density at radius 1 is 1.26 bits per heavy atom. The van der Waals surface area contributed by atoms with Crippen molar-refractivity contribution in [3.63, 3.8) is 0 Å². The van der Waals surface area contributed by atoms with E-state index >= 15 is 0 Å². The quantitative estimate of drug-likeness (QED) is 0.889. The number of ether oxygens (including phenoxy) is 1. The number of rotatable bonds is 2. The highest BCUT2D eigenvalue weighted by Gasteiger charge is 2.36. The van der Waals surface area contributed by atoms with Gasteiger partial charge in [-0.2, -0.15) is 4.98 Å². The highest BCUT2D eigenvalue weighted by Crippen LogP contribution is 2.36. The SMILES string of the molecule is CC1(c2noc(C3CCCC(N)C3)n2)CCCCO1. The zero-order valence-corrected chi connectivity index (χ0v) is 11.6. The van der Waals surface area contributed by atoms with Gasteiger partial charge in [-0.3, -0.25) is 0 Å². The lowest BCUT2D eigenvalue weighted by molar-refractivity contribution is -0.0770. The van der Waals surface area contributed by atoms with E-state index in [1.807, 2.05) is 0 Å². The number of hydrogen-bond donors (Lipinski definition) is 1. The Labute approximate surface area is 113 Å². The van der Waals surface area contributed by atoms with Gasteiger partial charge in [-0.25, -0.2) is 0 Å². The third-order valence-electron chi connectivity index (χ3n) is 4.45. The standard InChI is InChI=1S/C14H23N3O2/c1-14(7-2-3-8-18-14)13-16-12(19-17-13)10-5-4-6-11(15)9-10/h10-11H,2-9,15H2,1H3. The lowest BCUT2D eigenvalue weighted by Gasteiger charge is -2.30. The van der Waals surface area contributed by atoms with Crippen molar-refractivity contribution in [1.82, 2.24) is 10.1 Å². The number of hydrogen-bond acceptors (Lipinski definition) is 5. The first-order valence-electron chi connectivity index (χ1n) is 7.41. The second-order valence-corrected chi connectivity index (χ2v) is 6.12. The number of nitrogens with two attached hydrogens (primary N) is 1. The van der Waals surface area contributed by atoms with Gasteiger partial charge < -0.3 is 15.0 Å². The van der Waals surface area contributed by atoms with Gasteiger partial charge in [0.2, 0.25) is 11.7 Å². The molecule has 2 N–H and O–H groups in total. The van der Waals surface area contributed by atoms with E-state index in [2.05, 4.69) is 17.1 Å². The molecule has 0 radical (unpaired) electrons. The van der Waals surface area contributed by atoms with Crippen molar-refractivity contribution in [3.05, 3.63) is 11.7 Å². The summed E-state index contributed by atoms with van der Waals surface area (Å²) in [7, 11) is 0. The van der Waals surface area contributed by atoms with E-state index in [-0.39, 0.29) is 11.6 Å². The summed E-state index contributed by atoms with van der Waals surface area (Å²) in [6.07, 6.45) is 7.57. The minimum absolute atomic E-state index is 0.274. The minimum Gasteiger partial charge on any atom is -0.367 e. The van der Waals surface area contributed by atoms with Crippen LogP contribution in [0.5, 0.6) is 0 Å². The number of nitrogens with zero attached hydrogens (tertiary/aromatic N) is 2. The molecule has 0 spiro atoms. The first kappa shape index (κ1) is 13.1. The van der Waals surface area contributed by atoms with Crippen LogP contribution >= 0.6 is 0 Å². The molecule has 5 nitrogen and oxygen atoms in total. The van der Waals surface area contributed by atoms with Crippen LogP contribution in [-0.2, 0) is 10.3 Å². The topological polar surface area (TPSA) is 74.2 Å². The Morgan fingerprint density at radius 2 is 2.16 bits per heavy atom. The largest absolute Gasteiger partial charge is 0.367 e. The fourth-order valence-corrected chi connectivity index (χ4v) is 3.18. The predicted octanol–water partition coefficient (Wildman–Crippen LogP) is 2.47. The molecule has 3 unspecified atom stereocenters. The van der Waals surface area contributed by atoms with Crippen molar-refractivity contribution in [2.75, 3.05) is 6.61 Å². The molecule has 1 saturated heterocycles. The summed E-state index contributed by atoms with van der Waals surface area (Å²) in [5, 5.41) is 4.16. The van der Waals surface area contributed by atoms with Crippen LogP contribution in [0.4, 0.5) is 0 Å². The highest BCUT2D eigenvalue weighted by molar-refractivity contribution is 5.04. The zero-order chi connectivity index (χ0) is 13.3. The summed E-state index contributed by atoms with van der Waals surface area (Å²) in [5.74, 6) is 1.79. The van der Waals surface area contributed by atoms with Crippen molar-refractivity contribution >= 4 is 0 Å². The minimum atomic E-state index is -0.364. The Morgan fingerprint density at radius 3 is 2.89 bits per heavy atom. The van der Waals surface area contributed by atoms with Crippen LogP contribution in [0, 0.1) is 0 Å². The van der Waals surface area contributed by atoms with Gasteiger partial charge in [0.05, 0.1) is 0 Å². The predicted molar refractivity (Wildman–Crippen MR) is 70.6 cm³/mol. The third kappa shape index (κ3) is 2.67. The van der Waals surface area contributed by atoms with Gasteiger partial charge in [0, 0.05) is 18.6 Å². The van der Waals surface area contributed by atoms with Crippen molar-refractivity contribution in [2.45, 2.75) is 69.4 Å². The van der Waals surface area contributed by atoms with Gasteiger partial charge in [-0.05, 0) is 45.4 Å². The number of aromatic nitrogens is 2. The van der Waals surface area contributed by atoms with E-state index in [0.29, 0.717) is 11.7 Å². The second-order valence-electron chi connectivity index (χ2n) is 6.12. The molecule has 3 atom stereocenters. The second kappa shape index (κ2) is 5.21. The van der Waals surface area contributed by atoms with E-state index in [4.69, 9.17) is 15.0 Å². The van der Waals surface area contributed by atoms with Crippen LogP contribution in [0.3, 0.4) is 0 Å². The molecule has 1 aliphatic carbocycles. The van der Waals surface area contributed by atoms with Crippen LogP contribution in [0.15, 0.2) is 4.52 Å². The maximum Gasteiger partial charge on any atom is 0.229 e. The molecule has 5 heteroatoms. The summed E-state index contributed by atoms with van der Waals surface area (Å²) in [4.78, 5) is 4.61. The molecular formula is C14H23N3O2. The van der Waals surface area contributed by atoms with Crippen LogP contribution in [0.1, 0.15) is 69.5 Å². The molecule has 1 aromatic heterocycles. The van der Waals surface area contributed by atoms with E-state index < -0.39 is 0 Å². The Hall–Kier alpha value is -0.940. The normalized spacial score (nSPS) is 36.3. The molecule has 0 amide bonds. The van der Waals surface area contributed by atoms with Gasteiger partial charge in [0.25, 0.3) is 0 Å². The van der Waals surface area contributed by atoms with E-state index in [0.717, 1.165) is 57.4 Å². The molecule has 0 bridgehead atoms. The van der Waals surface area contributed by atoms with Gasteiger partial charge in [-0.15, -0.1) is 0 Å². The van der Waals surface area contributed by atoms with Gasteiger partial charge >= 0.3 is 0 Å². The molecule has 3 rings (SSSR count). The molecule has 2 fully saturated rings. The molecule has 0 aromatic carbocycles. The fourth-order valence-electron chi connectivity index (χ4n) is 3.18. The van der Waals surface area contributed by atoms with Crippen LogP contribution < -0.4 is 5.73 Å². The van der Waals surface area contributed by atoms with Crippen LogP contribution in [0.2, 0.25) is 0 Å². The monoisotopic (exact) mass is 265 g/mol. The zero-order valence-electron chi connectivity index (χ0n) is 11.6. The molecule has 1 aromatic rings. The summed E-state index contributed by atoms with van der Waals surface area (Å²) < 4.78 is 11.3. The first-order chi connectivity index (χ1) is 9.17. The van der Waals surface area contributed by atoms with E-state index in [1.54, 1.807) is 0 Å². The third-order valence-corrected chi connectivity index (χ3v) is 4.45. The average molecular weight is 265 g/mol. The Kier molecular flexibility index (Phi) is 3.58. The summed E-state index contributed by atoms with van der Waals surface area (Å²) in [5.41, 5.74) is 5.66. The molecule has 19 heavy (non-hydrogen) atoms. The van der Waals surface area contributed by atoms with Gasteiger partial charge in [0.1, 0.15) is 5.60 Å². The molecule has 106 valence electrons. The molecule has 2 heterocycles. The molecule has 2 aliphatic rings. The summed E-state index contributed by atoms with van der Waals surface area (Å²) in [6.45, 7) is 2.85. The van der Waals surface area contributed by atoms with Gasteiger partial charge in [-0.1, -0.05) is 11.6 Å². The molecule has 1 aliphatic heterocycles. The first-order valence-corrected chi connectivity index (χ1v) is 7.41. The van der Waals surface area contributed by atoms with Crippen LogP contribution in [0.25, 0.3) is 0 Å². The van der Waals surface area contributed by atoms with Crippen molar-refractivity contribution in [1.29, 1.82) is 0 Å². The van der Waals surface area contributed by atoms with Crippen molar-refractivity contribution in [2.24, 2.45) is 5.73 Å². The maximum absolute atomic E-state index is 6.02. The van der Waals surface area contributed by atoms with Crippen molar-refractivity contribution in [3.8, 4) is 0 Å². The maximum atomic E-state index is 6.02. The van der Waals surface area contributed by atoms with Gasteiger partial charge in [0.15, 0.2) is 0 Å². The Bertz CT molecular complexity index is 426. The smallest absolute Gasteiger partial charge is 0.229 e. The highest BCUT2D eigenvalue weighted by atomic mass is 16.5. The van der Waals surface area contributed by atoms with Crippen molar-refractivity contribution < 1.29 is 9.26 Å². The average Bonchev–Trinajstić information content (AvgIpc) is 2.90. The van der Waals surface area contributed by atoms with E-state index in [1.165, 1.54) is 0 Å². The van der Waals surface area contributed by atoms with Crippen LogP contribution in [-0.4, -0.2) is 22.8 Å². The summed E-state index contributed by atoms with van der Waals surface area (Å²) in [6, 6.07) is 0.274. The lowest BCUT2D eigenvalue weighted by Crippen LogP contribution is -2.31. The molecular weight excluding hydrogens is 242 g/mol. The lowest BCUT2D eigenvalue weighted by atomic mass is 9.86. The summed E-state index contributed by atoms with van der Waals surface area (Å²) >= 11 is 0. The molecule has 1 saturated carbocycles.